The first-order valence-corrected chi connectivity index (χ1v) is 14.5. The Labute approximate surface area is 227 Å². The molecule has 2 saturated heterocycles. The zero-order chi connectivity index (χ0) is 28.6. The Kier molecular flexibility index (Phi) is 7.99. The third-order valence-electron chi connectivity index (χ3n) is 7.47. The van der Waals surface area contributed by atoms with E-state index in [1.54, 1.807) is 56.0 Å². The van der Waals surface area contributed by atoms with Crippen molar-refractivity contribution in [3.05, 3.63) is 54.1 Å². The zero-order valence-electron chi connectivity index (χ0n) is 22.3. The predicted octanol–water partition coefficient (Wildman–Crippen LogP) is 4.24. The molecule has 0 radical (unpaired) electrons. The number of amides is 1. The van der Waals surface area contributed by atoms with E-state index >= 15 is 0 Å². The first-order valence-electron chi connectivity index (χ1n) is 13.0. The van der Waals surface area contributed by atoms with Crippen molar-refractivity contribution in [1.29, 1.82) is 0 Å². The molecule has 39 heavy (non-hydrogen) atoms. The fourth-order valence-corrected chi connectivity index (χ4v) is 6.98. The second-order valence-corrected chi connectivity index (χ2v) is 13.0. The van der Waals surface area contributed by atoms with Crippen molar-refractivity contribution in [2.24, 2.45) is 10.8 Å². The molecular weight excluding hydrogens is 531 g/mol. The van der Waals surface area contributed by atoms with E-state index in [9.17, 15) is 31.2 Å². The average Bonchev–Trinajstić information content (AvgIpc) is 3.38. The molecule has 2 aromatic carbocycles. The van der Waals surface area contributed by atoms with E-state index in [-0.39, 0.29) is 49.7 Å². The number of hydrogen-bond acceptors (Lipinski definition) is 5. The van der Waals surface area contributed by atoms with Crippen LogP contribution in [0.25, 0.3) is 11.1 Å². The summed E-state index contributed by atoms with van der Waals surface area (Å²) in [5.74, 6) is -0.406. The maximum absolute atomic E-state index is 14.0. The maximum Gasteiger partial charge on any atom is 0.417 e. The van der Waals surface area contributed by atoms with Crippen LogP contribution in [0.3, 0.4) is 0 Å². The molecule has 2 aromatic rings. The Morgan fingerprint density at radius 3 is 2.18 bits per heavy atom. The van der Waals surface area contributed by atoms with Crippen molar-refractivity contribution in [2.45, 2.75) is 57.1 Å². The summed E-state index contributed by atoms with van der Waals surface area (Å²) >= 11 is 0. The topological polar surface area (TPSA) is 95.6 Å². The normalized spacial score (nSPS) is 21.2. The molecule has 1 amide bonds. The zero-order valence-corrected chi connectivity index (χ0v) is 23.1. The van der Waals surface area contributed by atoms with Crippen molar-refractivity contribution in [3.63, 3.8) is 0 Å². The number of hydrogen-bond donors (Lipinski definition) is 2. The summed E-state index contributed by atoms with van der Waals surface area (Å²) in [6, 6.07) is 11.0. The van der Waals surface area contributed by atoms with E-state index in [0.29, 0.717) is 18.5 Å². The lowest BCUT2D eigenvalue weighted by atomic mass is 9.70. The summed E-state index contributed by atoms with van der Waals surface area (Å²) in [5.41, 5.74) is -2.31. The molecule has 2 N–H and O–H groups in total. The summed E-state index contributed by atoms with van der Waals surface area (Å²) in [5, 5.41) is 3.12. The van der Waals surface area contributed by atoms with Crippen LogP contribution in [0.4, 0.5) is 13.2 Å². The van der Waals surface area contributed by atoms with E-state index < -0.39 is 43.5 Å². The van der Waals surface area contributed by atoms with Gasteiger partial charge in [0.25, 0.3) is 0 Å². The second kappa shape index (κ2) is 10.7. The van der Waals surface area contributed by atoms with Gasteiger partial charge in [0.05, 0.1) is 10.5 Å². The smallest absolute Gasteiger partial charge is 0.342 e. The minimum Gasteiger partial charge on any atom is -0.342 e. The SMILES string of the molecule is CC(C)(C)C(=O)[C@]1(C(=O)N2CCC(NS(=O)(=O)c3ccc(-c4ccccc4)cc3C(F)(F)F)CC2)CCNC1. The molecule has 0 unspecified atom stereocenters. The number of alkyl halides is 3. The van der Waals surface area contributed by atoms with Crippen LogP contribution in [-0.2, 0) is 25.8 Å². The Bertz CT molecular complexity index is 1320. The number of rotatable bonds is 6. The number of benzene rings is 2. The van der Waals surface area contributed by atoms with Crippen LogP contribution in [0, 0.1) is 10.8 Å². The highest BCUT2D eigenvalue weighted by Gasteiger charge is 2.53. The van der Waals surface area contributed by atoms with Gasteiger partial charge in [-0.3, -0.25) is 9.59 Å². The highest BCUT2D eigenvalue weighted by Crippen LogP contribution is 2.39. The number of piperidine rings is 1. The molecule has 2 fully saturated rings. The van der Waals surface area contributed by atoms with Crippen LogP contribution in [-0.4, -0.2) is 57.2 Å². The first kappa shape index (κ1) is 29.2. The van der Waals surface area contributed by atoms with Gasteiger partial charge in [0.1, 0.15) is 5.41 Å². The van der Waals surface area contributed by atoms with E-state index in [2.05, 4.69) is 10.0 Å². The number of nitrogens with zero attached hydrogens (tertiary/aromatic N) is 1. The van der Waals surface area contributed by atoms with Gasteiger partial charge in [-0.15, -0.1) is 0 Å². The van der Waals surface area contributed by atoms with Gasteiger partial charge in [0.2, 0.25) is 15.9 Å². The van der Waals surface area contributed by atoms with Gasteiger partial charge in [-0.25, -0.2) is 13.1 Å². The van der Waals surface area contributed by atoms with Gasteiger partial charge < -0.3 is 10.2 Å². The van der Waals surface area contributed by atoms with Crippen molar-refractivity contribution in [2.75, 3.05) is 26.2 Å². The van der Waals surface area contributed by atoms with Crippen molar-refractivity contribution in [1.82, 2.24) is 14.9 Å². The highest BCUT2D eigenvalue weighted by atomic mass is 32.2. The fourth-order valence-electron chi connectivity index (χ4n) is 5.47. The quantitative estimate of drug-likeness (QED) is 0.511. The van der Waals surface area contributed by atoms with Gasteiger partial charge in [-0.05, 0) is 49.1 Å². The summed E-state index contributed by atoms with van der Waals surface area (Å²) in [7, 11) is -4.51. The number of carbonyl (C=O) groups excluding carboxylic acids is 2. The number of ketones is 1. The lowest BCUT2D eigenvalue weighted by molar-refractivity contribution is -0.153. The van der Waals surface area contributed by atoms with Crippen LogP contribution in [0.1, 0.15) is 45.6 Å². The summed E-state index contributed by atoms with van der Waals surface area (Å²) in [6.45, 7) is 6.55. The van der Waals surface area contributed by atoms with E-state index in [4.69, 9.17) is 0 Å². The van der Waals surface area contributed by atoms with Crippen LogP contribution < -0.4 is 10.0 Å². The maximum atomic E-state index is 14.0. The second-order valence-electron chi connectivity index (χ2n) is 11.4. The average molecular weight is 566 g/mol. The standard InChI is InChI=1S/C28H34F3N3O4S/c1-26(2,3)24(35)27(13-14-32-18-27)25(36)34-15-11-21(12-16-34)33-39(37,38)23-10-9-20(17-22(23)28(29,30)31)19-7-5-4-6-8-19/h4-10,17,21,32-33H,11-16,18H2,1-3H3/t27-/m0/s1. The molecular formula is C28H34F3N3O4S. The fraction of sp³-hybridized carbons (Fsp3) is 0.500. The molecule has 0 saturated carbocycles. The molecule has 1 atom stereocenters. The number of carbonyl (C=O) groups is 2. The molecule has 212 valence electrons. The highest BCUT2D eigenvalue weighted by molar-refractivity contribution is 7.89. The predicted molar refractivity (Wildman–Crippen MR) is 141 cm³/mol. The molecule has 2 heterocycles. The van der Waals surface area contributed by atoms with Crippen LogP contribution in [0.15, 0.2) is 53.4 Å². The van der Waals surface area contributed by atoms with Gasteiger partial charge in [-0.2, -0.15) is 13.2 Å². The number of halogens is 3. The molecule has 0 spiro atoms. The molecule has 0 bridgehead atoms. The molecule has 2 aliphatic heterocycles. The summed E-state index contributed by atoms with van der Waals surface area (Å²) < 4.78 is 70.6. The van der Waals surface area contributed by atoms with Gasteiger partial charge in [0.15, 0.2) is 5.78 Å². The number of likely N-dealkylation sites (tertiary alicyclic amines) is 1. The minimum absolute atomic E-state index is 0.133. The minimum atomic E-state index is -4.88. The third-order valence-corrected chi connectivity index (χ3v) is 9.04. The number of Topliss-reactive ketones (excluding diaryl/α,β-unsaturated/α-hetero) is 1. The number of sulfonamides is 1. The number of nitrogens with one attached hydrogen (secondary N) is 2. The Morgan fingerprint density at radius 1 is 1.00 bits per heavy atom. The third kappa shape index (κ3) is 6.05. The monoisotopic (exact) mass is 565 g/mol. The van der Waals surface area contributed by atoms with Crippen molar-refractivity contribution in [3.8, 4) is 11.1 Å². The van der Waals surface area contributed by atoms with Crippen LogP contribution in [0.5, 0.6) is 0 Å². The van der Waals surface area contributed by atoms with Gasteiger partial charge >= 0.3 is 6.18 Å². The largest absolute Gasteiger partial charge is 0.417 e. The Balaban J connectivity index is 1.49. The van der Waals surface area contributed by atoms with Crippen molar-refractivity contribution >= 4 is 21.7 Å². The van der Waals surface area contributed by atoms with Gasteiger partial charge in [-0.1, -0.05) is 57.2 Å². The Morgan fingerprint density at radius 2 is 1.64 bits per heavy atom. The van der Waals surface area contributed by atoms with Crippen molar-refractivity contribution < 1.29 is 31.2 Å². The summed E-state index contributed by atoms with van der Waals surface area (Å²) in [4.78, 5) is 27.5. The van der Waals surface area contributed by atoms with Crippen LogP contribution >= 0.6 is 0 Å². The molecule has 2 aliphatic rings. The first-order chi connectivity index (χ1) is 18.1. The lowest BCUT2D eigenvalue weighted by Gasteiger charge is -2.39. The molecule has 7 nitrogen and oxygen atoms in total. The van der Waals surface area contributed by atoms with Crippen LogP contribution in [0.2, 0.25) is 0 Å². The van der Waals surface area contributed by atoms with Gasteiger partial charge in [0, 0.05) is 31.1 Å². The van der Waals surface area contributed by atoms with E-state index in [1.807, 2.05) is 0 Å². The molecule has 0 aliphatic carbocycles. The Hall–Kier alpha value is -2.76. The molecule has 0 aromatic heterocycles. The lowest BCUT2D eigenvalue weighted by Crippen LogP contribution is -2.56. The van der Waals surface area contributed by atoms with E-state index in [0.717, 1.165) is 12.1 Å². The van der Waals surface area contributed by atoms with E-state index in [1.165, 1.54) is 6.07 Å². The molecule has 11 heteroatoms. The summed E-state index contributed by atoms with van der Waals surface area (Å²) in [6.07, 6.45) is -4.04. The molecule has 4 rings (SSSR count).